The number of nitrogens with one attached hydrogen (secondary N) is 1. The van der Waals surface area contributed by atoms with Crippen molar-refractivity contribution in [2.45, 2.75) is 13.0 Å². The van der Waals surface area contributed by atoms with E-state index in [1.807, 2.05) is 6.07 Å². The Bertz CT molecular complexity index is 246. The van der Waals surface area contributed by atoms with Gasteiger partial charge in [0.25, 0.3) is 0 Å². The zero-order chi connectivity index (χ0) is 7.56. The van der Waals surface area contributed by atoms with E-state index in [9.17, 15) is 0 Å². The molecule has 0 unspecified atom stereocenters. The van der Waals surface area contributed by atoms with Crippen LogP contribution in [0.2, 0.25) is 0 Å². The summed E-state index contributed by atoms with van der Waals surface area (Å²) in [5.41, 5.74) is 0.855. The Morgan fingerprint density at radius 2 is 2.30 bits per heavy atom. The van der Waals surface area contributed by atoms with Crippen LogP contribution in [0.15, 0.2) is 18.3 Å². The fourth-order valence-electron chi connectivity index (χ4n) is 0.682. The summed E-state index contributed by atoms with van der Waals surface area (Å²) in [6.07, 6.45) is 1.29. The van der Waals surface area contributed by atoms with Crippen LogP contribution in [0.1, 0.15) is 18.6 Å². The summed E-state index contributed by atoms with van der Waals surface area (Å²) in [7, 11) is 0. The number of aromatic nitrogens is 1. The Balaban J connectivity index is 3.00. The third-order valence-electron chi connectivity index (χ3n) is 1.29. The Kier molecular flexibility index (Phi) is 2.19. The van der Waals surface area contributed by atoms with E-state index in [0.29, 0.717) is 4.64 Å². The van der Waals surface area contributed by atoms with E-state index in [1.54, 1.807) is 19.2 Å². The quantitative estimate of drug-likeness (QED) is 0.607. The van der Waals surface area contributed by atoms with E-state index in [0.717, 1.165) is 5.56 Å². The average Bonchev–Trinajstić information content (AvgIpc) is 1.88. The SMILES string of the molecule is C[C@H](O)c1ccc(=S)[nH]c1. The van der Waals surface area contributed by atoms with Gasteiger partial charge in [-0.15, -0.1) is 0 Å². The second-order valence-corrected chi connectivity index (χ2v) is 2.60. The fraction of sp³-hybridized carbons (Fsp3) is 0.286. The summed E-state index contributed by atoms with van der Waals surface area (Å²) in [5.74, 6) is 0. The van der Waals surface area contributed by atoms with Crippen molar-refractivity contribution in [3.8, 4) is 0 Å². The number of aliphatic hydroxyl groups excluding tert-OH is 1. The molecule has 1 atom stereocenters. The van der Waals surface area contributed by atoms with Gasteiger partial charge in [-0.05, 0) is 18.6 Å². The van der Waals surface area contributed by atoms with Crippen molar-refractivity contribution < 1.29 is 5.11 Å². The first-order valence-corrected chi connectivity index (χ1v) is 3.47. The topological polar surface area (TPSA) is 36.0 Å². The van der Waals surface area contributed by atoms with Gasteiger partial charge in [-0.3, -0.25) is 0 Å². The molecule has 0 radical (unpaired) electrons. The van der Waals surface area contributed by atoms with Crippen molar-refractivity contribution in [2.24, 2.45) is 0 Å². The summed E-state index contributed by atoms with van der Waals surface area (Å²) < 4.78 is 0.685. The fourth-order valence-corrected chi connectivity index (χ4v) is 0.809. The van der Waals surface area contributed by atoms with Crippen LogP contribution in [0, 0.1) is 4.64 Å². The smallest absolute Gasteiger partial charge is 0.103 e. The molecule has 0 fully saturated rings. The van der Waals surface area contributed by atoms with Crippen molar-refractivity contribution in [3.05, 3.63) is 28.5 Å². The van der Waals surface area contributed by atoms with Gasteiger partial charge in [-0.1, -0.05) is 18.3 Å². The third kappa shape index (κ3) is 1.65. The van der Waals surface area contributed by atoms with Crippen molar-refractivity contribution in [1.29, 1.82) is 0 Å². The average molecular weight is 155 g/mol. The third-order valence-corrected chi connectivity index (χ3v) is 1.54. The molecule has 1 heterocycles. The molecule has 0 aliphatic rings. The maximum Gasteiger partial charge on any atom is 0.103 e. The predicted molar refractivity (Wildman–Crippen MR) is 42.3 cm³/mol. The van der Waals surface area contributed by atoms with Crippen molar-refractivity contribution in [1.82, 2.24) is 4.98 Å². The lowest BCUT2D eigenvalue weighted by atomic mass is 10.2. The van der Waals surface area contributed by atoms with Gasteiger partial charge < -0.3 is 10.1 Å². The lowest BCUT2D eigenvalue weighted by molar-refractivity contribution is 0.199. The normalized spacial score (nSPS) is 13.0. The van der Waals surface area contributed by atoms with E-state index in [4.69, 9.17) is 17.3 Å². The summed E-state index contributed by atoms with van der Waals surface area (Å²) in [6.45, 7) is 1.71. The Morgan fingerprint density at radius 3 is 2.70 bits per heavy atom. The molecule has 0 saturated heterocycles. The van der Waals surface area contributed by atoms with E-state index >= 15 is 0 Å². The largest absolute Gasteiger partial charge is 0.389 e. The Labute approximate surface area is 64.5 Å². The number of H-pyrrole nitrogens is 1. The van der Waals surface area contributed by atoms with Gasteiger partial charge in [-0.2, -0.15) is 0 Å². The highest BCUT2D eigenvalue weighted by atomic mass is 32.1. The van der Waals surface area contributed by atoms with Crippen LogP contribution in [-0.2, 0) is 0 Å². The van der Waals surface area contributed by atoms with Crippen LogP contribution in [0.4, 0.5) is 0 Å². The molecule has 0 saturated carbocycles. The highest BCUT2D eigenvalue weighted by Gasteiger charge is 1.96. The lowest BCUT2D eigenvalue weighted by Gasteiger charge is -2.01. The molecule has 54 valence electrons. The first kappa shape index (κ1) is 7.44. The zero-order valence-electron chi connectivity index (χ0n) is 5.66. The predicted octanol–water partition coefficient (Wildman–Crippen LogP) is 1.80. The molecule has 1 aromatic heterocycles. The van der Waals surface area contributed by atoms with Crippen LogP contribution in [0.25, 0.3) is 0 Å². The number of hydrogen-bond donors (Lipinski definition) is 2. The van der Waals surface area contributed by atoms with Crippen LogP contribution in [0.5, 0.6) is 0 Å². The Morgan fingerprint density at radius 1 is 1.60 bits per heavy atom. The second kappa shape index (κ2) is 2.94. The molecule has 0 aliphatic heterocycles. The summed E-state index contributed by atoms with van der Waals surface area (Å²) in [6, 6.07) is 3.57. The minimum atomic E-state index is -0.424. The van der Waals surface area contributed by atoms with Crippen LogP contribution in [-0.4, -0.2) is 10.1 Å². The van der Waals surface area contributed by atoms with Gasteiger partial charge >= 0.3 is 0 Å². The molecule has 0 amide bonds. The van der Waals surface area contributed by atoms with E-state index in [-0.39, 0.29) is 0 Å². The first-order valence-electron chi connectivity index (χ1n) is 3.07. The monoisotopic (exact) mass is 155 g/mol. The van der Waals surface area contributed by atoms with Gasteiger partial charge in [0.15, 0.2) is 0 Å². The molecule has 0 aliphatic carbocycles. The number of aliphatic hydroxyl groups is 1. The van der Waals surface area contributed by atoms with Gasteiger partial charge in [0, 0.05) is 6.20 Å². The standard InChI is InChI=1S/C7H9NOS/c1-5(9)6-2-3-7(10)8-4-6/h2-5,9H,1H3,(H,8,10)/t5-/m0/s1. The summed E-state index contributed by atoms with van der Waals surface area (Å²) >= 11 is 4.82. The highest BCUT2D eigenvalue weighted by molar-refractivity contribution is 7.71. The zero-order valence-corrected chi connectivity index (χ0v) is 6.48. The van der Waals surface area contributed by atoms with Crippen molar-refractivity contribution in [3.63, 3.8) is 0 Å². The van der Waals surface area contributed by atoms with E-state index in [1.165, 1.54) is 0 Å². The molecule has 1 aromatic rings. The molecular weight excluding hydrogens is 146 g/mol. The number of aromatic amines is 1. The van der Waals surface area contributed by atoms with Crippen molar-refractivity contribution >= 4 is 12.2 Å². The molecule has 0 spiro atoms. The molecule has 3 heteroatoms. The maximum absolute atomic E-state index is 9.06. The van der Waals surface area contributed by atoms with Gasteiger partial charge in [-0.25, -0.2) is 0 Å². The molecule has 2 nitrogen and oxygen atoms in total. The molecular formula is C7H9NOS. The van der Waals surface area contributed by atoms with E-state index < -0.39 is 6.10 Å². The maximum atomic E-state index is 9.06. The van der Waals surface area contributed by atoms with Crippen LogP contribution < -0.4 is 0 Å². The number of pyridine rings is 1. The van der Waals surface area contributed by atoms with Gasteiger partial charge in [0.2, 0.25) is 0 Å². The van der Waals surface area contributed by atoms with Crippen LogP contribution in [0.3, 0.4) is 0 Å². The summed E-state index contributed by atoms with van der Waals surface area (Å²) in [4.78, 5) is 2.84. The van der Waals surface area contributed by atoms with Crippen LogP contribution >= 0.6 is 12.2 Å². The molecule has 1 rings (SSSR count). The summed E-state index contributed by atoms with van der Waals surface area (Å²) in [5, 5.41) is 9.06. The molecule has 10 heavy (non-hydrogen) atoms. The first-order chi connectivity index (χ1) is 4.70. The minimum Gasteiger partial charge on any atom is -0.389 e. The van der Waals surface area contributed by atoms with Crippen molar-refractivity contribution in [2.75, 3.05) is 0 Å². The van der Waals surface area contributed by atoms with Gasteiger partial charge in [0.05, 0.1) is 6.10 Å². The molecule has 0 aromatic carbocycles. The molecule has 2 N–H and O–H groups in total. The van der Waals surface area contributed by atoms with E-state index in [2.05, 4.69) is 4.98 Å². The minimum absolute atomic E-state index is 0.424. The highest BCUT2D eigenvalue weighted by Crippen LogP contribution is 2.08. The van der Waals surface area contributed by atoms with Gasteiger partial charge in [0.1, 0.15) is 4.64 Å². The number of hydrogen-bond acceptors (Lipinski definition) is 2. The number of rotatable bonds is 1. The molecule has 0 bridgehead atoms. The lowest BCUT2D eigenvalue weighted by Crippen LogP contribution is -1.90. The Hall–Kier alpha value is -0.670. The second-order valence-electron chi connectivity index (χ2n) is 2.16.